The molecule has 0 spiro atoms. The van der Waals surface area contributed by atoms with Gasteiger partial charge in [-0.15, -0.1) is 11.8 Å². The lowest BCUT2D eigenvalue weighted by molar-refractivity contribution is -0.123. The zero-order valence-corrected chi connectivity index (χ0v) is 15.4. The quantitative estimate of drug-likeness (QED) is 0.476. The molecule has 4 nitrogen and oxygen atoms in total. The number of amides is 1. The summed E-state index contributed by atoms with van der Waals surface area (Å²) in [5, 5.41) is 4.64. The van der Waals surface area contributed by atoms with E-state index in [-0.39, 0.29) is 12.5 Å². The predicted molar refractivity (Wildman–Crippen MR) is 100 cm³/mol. The summed E-state index contributed by atoms with van der Waals surface area (Å²) in [6.45, 7) is 3.69. The summed E-state index contributed by atoms with van der Waals surface area (Å²) in [5.41, 5.74) is 5.19. The standard InChI is InChI=1S/C18H19ClN2O2S/c1-12-8-15(9-13(2)18(12)19)23-11-17(22)21-20-10-14-4-6-16(24-3)7-5-14/h4-10H,11H2,1-3H3,(H,21,22)/b20-10+. The van der Waals surface area contributed by atoms with E-state index in [9.17, 15) is 4.79 Å². The molecule has 0 unspecified atom stereocenters. The number of benzene rings is 2. The average molecular weight is 363 g/mol. The van der Waals surface area contributed by atoms with Gasteiger partial charge in [0, 0.05) is 9.92 Å². The van der Waals surface area contributed by atoms with Crippen LogP contribution in [0.5, 0.6) is 5.75 Å². The number of thioether (sulfide) groups is 1. The number of rotatable bonds is 6. The molecule has 0 atom stereocenters. The van der Waals surface area contributed by atoms with E-state index in [1.54, 1.807) is 30.1 Å². The summed E-state index contributed by atoms with van der Waals surface area (Å²) >= 11 is 7.78. The summed E-state index contributed by atoms with van der Waals surface area (Å²) in [6.07, 6.45) is 3.62. The molecule has 0 heterocycles. The lowest BCUT2D eigenvalue weighted by Crippen LogP contribution is -2.24. The zero-order chi connectivity index (χ0) is 17.5. The van der Waals surface area contributed by atoms with Gasteiger partial charge in [0.05, 0.1) is 6.21 Å². The molecule has 0 saturated heterocycles. The lowest BCUT2D eigenvalue weighted by Gasteiger charge is -2.09. The van der Waals surface area contributed by atoms with E-state index in [0.29, 0.717) is 10.8 Å². The Kier molecular flexibility index (Phi) is 6.70. The Morgan fingerprint density at radius 1 is 1.25 bits per heavy atom. The topological polar surface area (TPSA) is 50.7 Å². The van der Waals surface area contributed by atoms with Crippen molar-refractivity contribution >= 4 is 35.5 Å². The molecule has 2 aromatic rings. The molecule has 24 heavy (non-hydrogen) atoms. The van der Waals surface area contributed by atoms with Crippen LogP contribution in [0.3, 0.4) is 0 Å². The highest BCUT2D eigenvalue weighted by molar-refractivity contribution is 7.98. The van der Waals surface area contributed by atoms with E-state index in [4.69, 9.17) is 16.3 Å². The Labute approximate surface area is 151 Å². The third-order valence-corrected chi connectivity index (χ3v) is 4.64. The van der Waals surface area contributed by atoms with Gasteiger partial charge in [-0.05, 0) is 61.1 Å². The van der Waals surface area contributed by atoms with Crippen molar-refractivity contribution in [3.63, 3.8) is 0 Å². The highest BCUT2D eigenvalue weighted by Crippen LogP contribution is 2.25. The normalized spacial score (nSPS) is 10.8. The van der Waals surface area contributed by atoms with E-state index in [0.717, 1.165) is 16.7 Å². The first-order valence-corrected chi connectivity index (χ1v) is 8.95. The number of aryl methyl sites for hydroxylation is 2. The second-order valence-electron chi connectivity index (χ2n) is 5.23. The molecule has 0 saturated carbocycles. The number of hydrogen-bond acceptors (Lipinski definition) is 4. The number of carbonyl (C=O) groups excluding carboxylic acids is 1. The van der Waals surface area contributed by atoms with Crippen LogP contribution in [0.4, 0.5) is 0 Å². The highest BCUT2D eigenvalue weighted by atomic mass is 35.5. The van der Waals surface area contributed by atoms with Gasteiger partial charge in [-0.1, -0.05) is 23.7 Å². The summed E-state index contributed by atoms with van der Waals surface area (Å²) in [7, 11) is 0. The number of ether oxygens (including phenoxy) is 1. The van der Waals surface area contributed by atoms with Crippen LogP contribution in [0.25, 0.3) is 0 Å². The van der Waals surface area contributed by atoms with Crippen LogP contribution in [-0.4, -0.2) is 25.0 Å². The minimum absolute atomic E-state index is 0.108. The number of carbonyl (C=O) groups is 1. The summed E-state index contributed by atoms with van der Waals surface area (Å²) in [4.78, 5) is 12.9. The van der Waals surface area contributed by atoms with Crippen molar-refractivity contribution in [1.82, 2.24) is 5.43 Å². The average Bonchev–Trinajstić information content (AvgIpc) is 2.58. The molecule has 0 fully saturated rings. The number of halogens is 1. The molecule has 0 aliphatic heterocycles. The van der Waals surface area contributed by atoms with Gasteiger partial charge in [0.2, 0.25) is 0 Å². The molecule has 0 aliphatic carbocycles. The fraction of sp³-hybridized carbons (Fsp3) is 0.222. The molecule has 1 amide bonds. The third kappa shape index (κ3) is 5.28. The number of nitrogens with zero attached hydrogens (tertiary/aromatic N) is 1. The molecule has 0 aliphatic rings. The molecule has 6 heteroatoms. The largest absolute Gasteiger partial charge is 0.484 e. The fourth-order valence-corrected chi connectivity index (χ4v) is 2.56. The number of hydrogen-bond donors (Lipinski definition) is 1. The van der Waals surface area contributed by atoms with Crippen LogP contribution >= 0.6 is 23.4 Å². The van der Waals surface area contributed by atoms with Crippen LogP contribution in [-0.2, 0) is 4.79 Å². The maximum Gasteiger partial charge on any atom is 0.277 e. The van der Waals surface area contributed by atoms with E-state index in [1.165, 1.54) is 4.90 Å². The van der Waals surface area contributed by atoms with E-state index >= 15 is 0 Å². The third-order valence-electron chi connectivity index (χ3n) is 3.30. The highest BCUT2D eigenvalue weighted by Gasteiger charge is 2.06. The van der Waals surface area contributed by atoms with Crippen molar-refractivity contribution in [1.29, 1.82) is 0 Å². The van der Waals surface area contributed by atoms with Gasteiger partial charge >= 0.3 is 0 Å². The van der Waals surface area contributed by atoms with Gasteiger partial charge < -0.3 is 4.74 Å². The molecular weight excluding hydrogens is 344 g/mol. The zero-order valence-electron chi connectivity index (χ0n) is 13.8. The molecule has 2 aromatic carbocycles. The second kappa shape index (κ2) is 8.76. The maximum atomic E-state index is 11.8. The van der Waals surface area contributed by atoms with E-state index in [1.807, 2.05) is 44.4 Å². The van der Waals surface area contributed by atoms with Gasteiger partial charge in [-0.3, -0.25) is 4.79 Å². The maximum absolute atomic E-state index is 11.8. The molecular formula is C18H19ClN2O2S. The first-order chi connectivity index (χ1) is 11.5. The molecule has 0 radical (unpaired) electrons. The Balaban J connectivity index is 1.83. The van der Waals surface area contributed by atoms with E-state index < -0.39 is 0 Å². The number of hydrazone groups is 1. The van der Waals surface area contributed by atoms with Crippen molar-refractivity contribution in [2.45, 2.75) is 18.7 Å². The summed E-state index contributed by atoms with van der Waals surface area (Å²) < 4.78 is 5.47. The molecule has 126 valence electrons. The van der Waals surface area contributed by atoms with Crippen LogP contribution in [0.15, 0.2) is 46.4 Å². The molecule has 0 bridgehead atoms. The van der Waals surface area contributed by atoms with Gasteiger partial charge in [0.25, 0.3) is 5.91 Å². The van der Waals surface area contributed by atoms with Crippen LogP contribution in [0.2, 0.25) is 5.02 Å². The van der Waals surface area contributed by atoms with Crippen molar-refractivity contribution in [2.75, 3.05) is 12.9 Å². The van der Waals surface area contributed by atoms with Crippen molar-refractivity contribution in [2.24, 2.45) is 5.10 Å². The minimum atomic E-state index is -0.322. The van der Waals surface area contributed by atoms with Crippen molar-refractivity contribution < 1.29 is 9.53 Å². The van der Waals surface area contributed by atoms with Gasteiger partial charge in [0.15, 0.2) is 6.61 Å². The monoisotopic (exact) mass is 362 g/mol. The first kappa shape index (κ1) is 18.4. The Bertz CT molecular complexity index is 722. The van der Waals surface area contributed by atoms with Gasteiger partial charge in [-0.25, -0.2) is 5.43 Å². The molecule has 0 aromatic heterocycles. The summed E-state index contributed by atoms with van der Waals surface area (Å²) in [5.74, 6) is 0.290. The molecule has 2 rings (SSSR count). The smallest absolute Gasteiger partial charge is 0.277 e. The van der Waals surface area contributed by atoms with Crippen molar-refractivity contribution in [3.8, 4) is 5.75 Å². The Morgan fingerprint density at radius 3 is 2.46 bits per heavy atom. The Hall–Kier alpha value is -1.98. The fourth-order valence-electron chi connectivity index (χ4n) is 2.04. The van der Waals surface area contributed by atoms with Gasteiger partial charge in [-0.2, -0.15) is 5.10 Å². The first-order valence-electron chi connectivity index (χ1n) is 7.35. The van der Waals surface area contributed by atoms with Crippen molar-refractivity contribution in [3.05, 3.63) is 58.1 Å². The number of nitrogens with one attached hydrogen (secondary N) is 1. The SMILES string of the molecule is CSc1ccc(/C=N/NC(=O)COc2cc(C)c(Cl)c(C)c2)cc1. The van der Waals surface area contributed by atoms with Crippen LogP contribution < -0.4 is 10.2 Å². The lowest BCUT2D eigenvalue weighted by atomic mass is 10.1. The second-order valence-corrected chi connectivity index (χ2v) is 6.48. The molecule has 1 N–H and O–H groups in total. The predicted octanol–water partition coefficient (Wildman–Crippen LogP) is 4.21. The van der Waals surface area contributed by atoms with Crippen LogP contribution in [0, 0.1) is 13.8 Å². The summed E-state index contributed by atoms with van der Waals surface area (Å²) in [6, 6.07) is 11.5. The van der Waals surface area contributed by atoms with Gasteiger partial charge in [0.1, 0.15) is 5.75 Å². The Morgan fingerprint density at radius 2 is 1.88 bits per heavy atom. The van der Waals surface area contributed by atoms with Crippen LogP contribution in [0.1, 0.15) is 16.7 Å². The minimum Gasteiger partial charge on any atom is -0.484 e. The van der Waals surface area contributed by atoms with E-state index in [2.05, 4.69) is 10.5 Å².